The fraction of sp³-hybridized carbons (Fsp3) is 0.364. The average molecular weight is 224 g/mol. The fourth-order valence-corrected chi connectivity index (χ4v) is 1.95. The Morgan fingerprint density at radius 3 is 2.94 bits per heavy atom. The van der Waals surface area contributed by atoms with E-state index in [1.165, 1.54) is 6.07 Å². The number of halogens is 1. The molecule has 0 spiro atoms. The number of carboxylic acid groups (broad SMARTS) is 1. The minimum Gasteiger partial charge on any atom is -0.480 e. The minimum atomic E-state index is -0.946. The van der Waals surface area contributed by atoms with E-state index in [2.05, 4.69) is 0 Å². The molecule has 1 N–H and O–H groups in total. The number of hydrogen-bond acceptors (Lipinski definition) is 3. The zero-order valence-electron chi connectivity index (χ0n) is 8.98. The van der Waals surface area contributed by atoms with E-state index in [1.54, 1.807) is 17.0 Å². The molecule has 1 aliphatic heterocycles. The Morgan fingerprint density at radius 1 is 1.50 bits per heavy atom. The number of para-hydroxylation sites is 1. The van der Waals surface area contributed by atoms with Crippen molar-refractivity contribution in [3.63, 3.8) is 0 Å². The highest BCUT2D eigenvalue weighted by Gasteiger charge is 2.24. The Labute approximate surface area is 92.9 Å². The largest absolute Gasteiger partial charge is 0.480 e. The molecule has 1 heterocycles. The van der Waals surface area contributed by atoms with Crippen LogP contribution in [-0.4, -0.2) is 37.8 Å². The number of carbonyl (C=O) groups is 1. The molecule has 0 atom stereocenters. The van der Waals surface area contributed by atoms with Crippen LogP contribution in [0.5, 0.6) is 0 Å². The van der Waals surface area contributed by atoms with Gasteiger partial charge in [-0.1, -0.05) is 6.07 Å². The molecule has 0 saturated heterocycles. The summed E-state index contributed by atoms with van der Waals surface area (Å²) in [6.07, 6.45) is 0. The molecule has 2 rings (SSSR count). The van der Waals surface area contributed by atoms with Crippen LogP contribution in [0.15, 0.2) is 18.2 Å². The Hall–Kier alpha value is -1.78. The van der Waals surface area contributed by atoms with Crippen LogP contribution in [0.3, 0.4) is 0 Å². The average Bonchev–Trinajstić information content (AvgIpc) is 2.22. The van der Waals surface area contributed by atoms with Gasteiger partial charge in [0.25, 0.3) is 0 Å². The molecule has 5 heteroatoms. The van der Waals surface area contributed by atoms with E-state index in [9.17, 15) is 9.18 Å². The van der Waals surface area contributed by atoms with Gasteiger partial charge in [-0.05, 0) is 12.1 Å². The summed E-state index contributed by atoms with van der Waals surface area (Å²) >= 11 is 0. The predicted octanol–water partition coefficient (Wildman–Crippen LogP) is 1.17. The Kier molecular flexibility index (Phi) is 2.68. The van der Waals surface area contributed by atoms with E-state index in [0.717, 1.165) is 5.69 Å². The molecule has 0 unspecified atom stereocenters. The maximum atomic E-state index is 13.7. The van der Waals surface area contributed by atoms with Gasteiger partial charge in [-0.15, -0.1) is 0 Å². The summed E-state index contributed by atoms with van der Waals surface area (Å²) in [5, 5.41) is 8.77. The van der Waals surface area contributed by atoms with E-state index in [1.807, 2.05) is 11.9 Å². The highest BCUT2D eigenvalue weighted by molar-refractivity contribution is 5.80. The second-order valence-electron chi connectivity index (χ2n) is 3.84. The molecule has 0 radical (unpaired) electrons. The number of anilines is 2. The van der Waals surface area contributed by atoms with E-state index in [4.69, 9.17) is 5.11 Å². The van der Waals surface area contributed by atoms with Crippen molar-refractivity contribution in [3.05, 3.63) is 24.0 Å². The molecule has 16 heavy (non-hydrogen) atoms. The van der Waals surface area contributed by atoms with Crippen LogP contribution in [0, 0.1) is 5.82 Å². The molecule has 1 aliphatic rings. The van der Waals surface area contributed by atoms with Crippen LogP contribution >= 0.6 is 0 Å². The van der Waals surface area contributed by atoms with Gasteiger partial charge in [-0.25, -0.2) is 4.39 Å². The van der Waals surface area contributed by atoms with Crippen LogP contribution in [0.1, 0.15) is 0 Å². The monoisotopic (exact) mass is 224 g/mol. The number of rotatable bonds is 2. The first-order valence-corrected chi connectivity index (χ1v) is 5.06. The first-order valence-electron chi connectivity index (χ1n) is 5.06. The summed E-state index contributed by atoms with van der Waals surface area (Å²) in [6.45, 7) is 1.06. The first-order chi connectivity index (χ1) is 7.59. The molecule has 0 bridgehead atoms. The van der Waals surface area contributed by atoms with Gasteiger partial charge in [0.05, 0.1) is 11.4 Å². The number of nitrogens with zero attached hydrogens (tertiary/aromatic N) is 2. The molecule has 0 saturated carbocycles. The summed E-state index contributed by atoms with van der Waals surface area (Å²) in [4.78, 5) is 14.2. The summed E-state index contributed by atoms with van der Waals surface area (Å²) in [5.74, 6) is -1.32. The van der Waals surface area contributed by atoms with E-state index < -0.39 is 5.97 Å². The van der Waals surface area contributed by atoms with Crippen molar-refractivity contribution < 1.29 is 14.3 Å². The number of likely N-dealkylation sites (N-methyl/N-ethyl adjacent to an activating group) is 1. The summed E-state index contributed by atoms with van der Waals surface area (Å²) in [5.41, 5.74) is 1.13. The van der Waals surface area contributed by atoms with E-state index >= 15 is 0 Å². The molecule has 86 valence electrons. The number of aliphatic carboxylic acids is 1. The van der Waals surface area contributed by atoms with Crippen LogP contribution in [0.4, 0.5) is 15.8 Å². The second-order valence-corrected chi connectivity index (χ2v) is 3.84. The third-order valence-corrected chi connectivity index (χ3v) is 2.72. The van der Waals surface area contributed by atoms with Crippen molar-refractivity contribution in [2.45, 2.75) is 0 Å². The lowest BCUT2D eigenvalue weighted by Crippen LogP contribution is -2.42. The molecule has 0 aliphatic carbocycles. The van der Waals surface area contributed by atoms with Crippen LogP contribution in [0.2, 0.25) is 0 Å². The van der Waals surface area contributed by atoms with Crippen molar-refractivity contribution in [2.75, 3.05) is 36.5 Å². The molecule has 0 aromatic heterocycles. The number of benzene rings is 1. The number of carboxylic acids is 1. The van der Waals surface area contributed by atoms with Crippen molar-refractivity contribution in [3.8, 4) is 0 Å². The third-order valence-electron chi connectivity index (χ3n) is 2.72. The normalized spacial score (nSPS) is 14.9. The Balaban J connectivity index is 2.42. The van der Waals surface area contributed by atoms with Crippen LogP contribution < -0.4 is 9.80 Å². The Bertz CT molecular complexity index is 422. The topological polar surface area (TPSA) is 43.8 Å². The van der Waals surface area contributed by atoms with Gasteiger partial charge >= 0.3 is 5.97 Å². The van der Waals surface area contributed by atoms with Gasteiger partial charge in [-0.2, -0.15) is 0 Å². The molecule has 0 fully saturated rings. The standard InChI is InChI=1S/C11H13FN2O2/c1-13-5-6-14(7-10(15)16)11-8(12)3-2-4-9(11)13/h2-4H,5-7H2,1H3,(H,15,16). The van der Waals surface area contributed by atoms with E-state index in [0.29, 0.717) is 18.8 Å². The Morgan fingerprint density at radius 2 is 2.25 bits per heavy atom. The lowest BCUT2D eigenvalue weighted by atomic mass is 10.1. The zero-order chi connectivity index (χ0) is 11.7. The van der Waals surface area contributed by atoms with Crippen molar-refractivity contribution in [1.82, 2.24) is 0 Å². The van der Waals surface area contributed by atoms with E-state index in [-0.39, 0.29) is 12.4 Å². The van der Waals surface area contributed by atoms with Gasteiger partial charge in [0.1, 0.15) is 12.4 Å². The van der Waals surface area contributed by atoms with Gasteiger partial charge in [0.15, 0.2) is 0 Å². The quantitative estimate of drug-likeness (QED) is 0.818. The lowest BCUT2D eigenvalue weighted by Gasteiger charge is -2.36. The summed E-state index contributed by atoms with van der Waals surface area (Å²) in [7, 11) is 1.87. The minimum absolute atomic E-state index is 0.165. The van der Waals surface area contributed by atoms with Crippen LogP contribution in [-0.2, 0) is 4.79 Å². The predicted molar refractivity (Wildman–Crippen MR) is 59.5 cm³/mol. The summed E-state index contributed by atoms with van der Waals surface area (Å²) in [6, 6.07) is 4.79. The van der Waals surface area contributed by atoms with Crippen LogP contribution in [0.25, 0.3) is 0 Å². The molecular weight excluding hydrogens is 211 g/mol. The molecule has 1 aromatic rings. The maximum absolute atomic E-state index is 13.7. The second kappa shape index (κ2) is 4.00. The van der Waals surface area contributed by atoms with Gasteiger partial charge < -0.3 is 14.9 Å². The van der Waals surface area contributed by atoms with Gasteiger partial charge in [-0.3, -0.25) is 4.79 Å². The lowest BCUT2D eigenvalue weighted by molar-refractivity contribution is -0.135. The van der Waals surface area contributed by atoms with Crippen molar-refractivity contribution in [1.29, 1.82) is 0 Å². The highest BCUT2D eigenvalue weighted by atomic mass is 19.1. The van der Waals surface area contributed by atoms with Gasteiger partial charge in [0.2, 0.25) is 0 Å². The number of hydrogen-bond donors (Lipinski definition) is 1. The first kappa shape index (κ1) is 10.7. The highest BCUT2D eigenvalue weighted by Crippen LogP contribution is 2.34. The number of fused-ring (bicyclic) bond motifs is 1. The summed E-state index contributed by atoms with van der Waals surface area (Å²) < 4.78 is 13.7. The van der Waals surface area contributed by atoms with Gasteiger partial charge in [0, 0.05) is 20.1 Å². The molecule has 1 aromatic carbocycles. The molecular formula is C11H13FN2O2. The van der Waals surface area contributed by atoms with Crippen molar-refractivity contribution in [2.24, 2.45) is 0 Å². The molecule has 4 nitrogen and oxygen atoms in total. The maximum Gasteiger partial charge on any atom is 0.323 e. The SMILES string of the molecule is CN1CCN(CC(=O)O)c2c(F)cccc21. The zero-order valence-corrected chi connectivity index (χ0v) is 8.98. The van der Waals surface area contributed by atoms with Crippen molar-refractivity contribution >= 4 is 17.3 Å². The molecule has 0 amide bonds. The third kappa shape index (κ3) is 1.80. The fourth-order valence-electron chi connectivity index (χ4n) is 1.95. The smallest absolute Gasteiger partial charge is 0.323 e.